The molecule has 18 heavy (non-hydrogen) atoms. The first kappa shape index (κ1) is 15.9. The third kappa shape index (κ3) is 3.69. The van der Waals surface area contributed by atoms with Gasteiger partial charge in [0.1, 0.15) is 0 Å². The van der Waals surface area contributed by atoms with Crippen molar-refractivity contribution in [1.29, 1.82) is 0 Å². The number of likely N-dealkylation sites (N-methyl/N-ethyl adjacent to an activating group) is 1. The molecule has 0 amide bonds. The Balaban J connectivity index is 2.85. The van der Waals surface area contributed by atoms with Crippen LogP contribution in [0.1, 0.15) is 54.9 Å². The van der Waals surface area contributed by atoms with E-state index in [0.29, 0.717) is 12.0 Å². The first-order valence-electron chi connectivity index (χ1n) is 7.28. The zero-order valence-electron chi connectivity index (χ0n) is 13.2. The van der Waals surface area contributed by atoms with Gasteiger partial charge < -0.3 is 14.8 Å². The summed E-state index contributed by atoms with van der Waals surface area (Å²) in [5.41, 5.74) is -0.129. The van der Waals surface area contributed by atoms with E-state index in [9.17, 15) is 0 Å². The fraction of sp³-hybridized carbons (Fsp3) is 1.00. The highest BCUT2D eigenvalue weighted by Crippen LogP contribution is 2.44. The SMILES string of the molecule is CCNC(C(C)OCC)C1CC(C)(C)OC1(C)C. The van der Waals surface area contributed by atoms with Crippen molar-refractivity contribution in [2.75, 3.05) is 13.2 Å². The lowest BCUT2D eigenvalue weighted by atomic mass is 9.79. The van der Waals surface area contributed by atoms with Gasteiger partial charge in [-0.25, -0.2) is 0 Å². The van der Waals surface area contributed by atoms with Crippen LogP contribution >= 0.6 is 0 Å². The number of hydrogen-bond donors (Lipinski definition) is 1. The zero-order valence-corrected chi connectivity index (χ0v) is 13.2. The molecule has 1 saturated heterocycles. The van der Waals surface area contributed by atoms with Crippen LogP contribution in [0.5, 0.6) is 0 Å². The second-order valence-electron chi connectivity index (χ2n) is 6.52. The van der Waals surface area contributed by atoms with E-state index >= 15 is 0 Å². The summed E-state index contributed by atoms with van der Waals surface area (Å²) in [5, 5.41) is 3.60. The van der Waals surface area contributed by atoms with E-state index in [0.717, 1.165) is 19.6 Å². The molecule has 0 spiro atoms. The highest BCUT2D eigenvalue weighted by Gasteiger charge is 2.50. The molecule has 1 fully saturated rings. The second kappa shape index (κ2) is 5.89. The van der Waals surface area contributed by atoms with E-state index in [4.69, 9.17) is 9.47 Å². The molecular weight excluding hydrogens is 226 g/mol. The fourth-order valence-corrected chi connectivity index (χ4v) is 3.40. The zero-order chi connectivity index (χ0) is 14.0. The van der Waals surface area contributed by atoms with Gasteiger partial charge in [-0.1, -0.05) is 6.92 Å². The minimum absolute atomic E-state index is 0.0340. The highest BCUT2D eigenvalue weighted by atomic mass is 16.5. The molecular formula is C15H31NO2. The predicted molar refractivity (Wildman–Crippen MR) is 75.9 cm³/mol. The summed E-state index contributed by atoms with van der Waals surface area (Å²) in [6, 6.07) is 0.353. The van der Waals surface area contributed by atoms with Crippen molar-refractivity contribution in [3.63, 3.8) is 0 Å². The third-order valence-electron chi connectivity index (χ3n) is 3.95. The molecule has 0 aromatic carbocycles. The van der Waals surface area contributed by atoms with Crippen LogP contribution in [0.15, 0.2) is 0 Å². The number of hydrogen-bond acceptors (Lipinski definition) is 3. The lowest BCUT2D eigenvalue weighted by Crippen LogP contribution is -2.50. The minimum atomic E-state index is -0.0955. The number of rotatable bonds is 6. The Labute approximate surface area is 113 Å². The van der Waals surface area contributed by atoms with Gasteiger partial charge in [0.15, 0.2) is 0 Å². The smallest absolute Gasteiger partial charge is 0.0703 e. The van der Waals surface area contributed by atoms with E-state index in [1.54, 1.807) is 0 Å². The maximum atomic E-state index is 6.21. The molecule has 108 valence electrons. The first-order chi connectivity index (χ1) is 8.23. The molecule has 3 nitrogen and oxygen atoms in total. The number of nitrogens with one attached hydrogen (secondary N) is 1. The quantitative estimate of drug-likeness (QED) is 0.793. The summed E-state index contributed by atoms with van der Waals surface area (Å²) < 4.78 is 12.0. The molecule has 3 unspecified atom stereocenters. The lowest BCUT2D eigenvalue weighted by molar-refractivity contribution is -0.0847. The van der Waals surface area contributed by atoms with Gasteiger partial charge >= 0.3 is 0 Å². The first-order valence-corrected chi connectivity index (χ1v) is 7.28. The maximum absolute atomic E-state index is 6.21. The predicted octanol–water partition coefficient (Wildman–Crippen LogP) is 2.98. The van der Waals surface area contributed by atoms with Crippen LogP contribution < -0.4 is 5.32 Å². The van der Waals surface area contributed by atoms with Gasteiger partial charge in [0.05, 0.1) is 17.3 Å². The van der Waals surface area contributed by atoms with Crippen molar-refractivity contribution in [2.45, 2.75) is 78.2 Å². The highest BCUT2D eigenvalue weighted by molar-refractivity contribution is 5.01. The summed E-state index contributed by atoms with van der Waals surface area (Å²) in [4.78, 5) is 0. The van der Waals surface area contributed by atoms with Crippen molar-refractivity contribution in [2.24, 2.45) is 5.92 Å². The molecule has 0 radical (unpaired) electrons. The van der Waals surface area contributed by atoms with E-state index < -0.39 is 0 Å². The van der Waals surface area contributed by atoms with Crippen LogP contribution in [0, 0.1) is 5.92 Å². The Morgan fingerprint density at radius 1 is 1.28 bits per heavy atom. The molecule has 3 atom stereocenters. The van der Waals surface area contributed by atoms with Crippen LogP contribution in [0.2, 0.25) is 0 Å². The van der Waals surface area contributed by atoms with E-state index in [2.05, 4.69) is 53.8 Å². The molecule has 1 aliphatic rings. The third-order valence-corrected chi connectivity index (χ3v) is 3.95. The van der Waals surface area contributed by atoms with Crippen LogP contribution in [-0.2, 0) is 9.47 Å². The summed E-state index contributed by atoms with van der Waals surface area (Å²) in [6.45, 7) is 16.9. The van der Waals surface area contributed by atoms with Crippen molar-refractivity contribution in [1.82, 2.24) is 5.32 Å². The molecule has 0 aromatic heterocycles. The van der Waals surface area contributed by atoms with Gasteiger partial charge in [-0.05, 0) is 54.5 Å². The largest absolute Gasteiger partial charge is 0.377 e. The van der Waals surface area contributed by atoms with Crippen LogP contribution in [-0.4, -0.2) is 36.5 Å². The molecule has 1 N–H and O–H groups in total. The molecule has 0 aliphatic carbocycles. The summed E-state index contributed by atoms with van der Waals surface area (Å²) >= 11 is 0. The molecule has 0 aromatic rings. The van der Waals surface area contributed by atoms with Crippen molar-refractivity contribution >= 4 is 0 Å². The van der Waals surface area contributed by atoms with Crippen molar-refractivity contribution in [3.8, 4) is 0 Å². The van der Waals surface area contributed by atoms with Crippen molar-refractivity contribution < 1.29 is 9.47 Å². The van der Waals surface area contributed by atoms with Gasteiger partial charge in [-0.15, -0.1) is 0 Å². The molecule has 1 rings (SSSR count). The van der Waals surface area contributed by atoms with E-state index in [1.807, 2.05) is 0 Å². The van der Waals surface area contributed by atoms with E-state index in [-0.39, 0.29) is 17.3 Å². The van der Waals surface area contributed by atoms with Gasteiger partial charge in [0.2, 0.25) is 0 Å². The Morgan fingerprint density at radius 2 is 1.89 bits per heavy atom. The molecule has 1 heterocycles. The molecule has 0 bridgehead atoms. The van der Waals surface area contributed by atoms with Crippen molar-refractivity contribution in [3.05, 3.63) is 0 Å². The summed E-state index contributed by atoms with van der Waals surface area (Å²) in [5.74, 6) is 0.481. The Morgan fingerprint density at radius 3 is 2.28 bits per heavy atom. The van der Waals surface area contributed by atoms with Gasteiger partial charge in [-0.3, -0.25) is 0 Å². The van der Waals surface area contributed by atoms with Gasteiger partial charge in [0.25, 0.3) is 0 Å². The topological polar surface area (TPSA) is 30.5 Å². The Kier molecular flexibility index (Phi) is 5.22. The molecule has 3 heteroatoms. The van der Waals surface area contributed by atoms with Crippen LogP contribution in [0.4, 0.5) is 0 Å². The van der Waals surface area contributed by atoms with Gasteiger partial charge in [-0.2, -0.15) is 0 Å². The fourth-order valence-electron chi connectivity index (χ4n) is 3.40. The standard InChI is InChI=1S/C15H31NO2/c1-8-16-13(11(3)17-9-2)12-10-14(4,5)18-15(12,6)7/h11-13,16H,8-10H2,1-7H3. The average molecular weight is 257 g/mol. The second-order valence-corrected chi connectivity index (χ2v) is 6.52. The Bertz CT molecular complexity index is 263. The van der Waals surface area contributed by atoms with Crippen LogP contribution in [0.25, 0.3) is 0 Å². The normalized spacial score (nSPS) is 29.2. The summed E-state index contributed by atoms with van der Waals surface area (Å²) in [6.07, 6.45) is 1.30. The monoisotopic (exact) mass is 257 g/mol. The molecule has 0 saturated carbocycles. The average Bonchev–Trinajstić information content (AvgIpc) is 2.43. The number of ether oxygens (including phenoxy) is 2. The van der Waals surface area contributed by atoms with Gasteiger partial charge in [0, 0.05) is 18.6 Å². The Hall–Kier alpha value is -0.120. The molecule has 1 aliphatic heterocycles. The summed E-state index contributed by atoms with van der Waals surface area (Å²) in [7, 11) is 0. The lowest BCUT2D eigenvalue weighted by Gasteiger charge is -2.36. The minimum Gasteiger partial charge on any atom is -0.377 e. The van der Waals surface area contributed by atoms with Crippen LogP contribution in [0.3, 0.4) is 0 Å². The maximum Gasteiger partial charge on any atom is 0.0703 e. The van der Waals surface area contributed by atoms with E-state index in [1.165, 1.54) is 0 Å².